The summed E-state index contributed by atoms with van der Waals surface area (Å²) in [6.45, 7) is 2.11. The van der Waals surface area contributed by atoms with E-state index in [0.29, 0.717) is 31.0 Å². The zero-order valence-electron chi connectivity index (χ0n) is 13.3. The first kappa shape index (κ1) is 16.7. The van der Waals surface area contributed by atoms with Crippen molar-refractivity contribution in [3.8, 4) is 0 Å². The van der Waals surface area contributed by atoms with Gasteiger partial charge in [0.25, 0.3) is 5.91 Å². The molecule has 1 amide bonds. The first-order chi connectivity index (χ1) is 11.6. The minimum Gasteiger partial charge on any atom is -0.383 e. The summed E-state index contributed by atoms with van der Waals surface area (Å²) in [5.41, 5.74) is 7.69. The van der Waals surface area contributed by atoms with Gasteiger partial charge in [0.2, 0.25) is 0 Å². The van der Waals surface area contributed by atoms with E-state index in [1.54, 1.807) is 12.3 Å². The normalized spacial score (nSPS) is 16.5. The van der Waals surface area contributed by atoms with Crippen LogP contribution >= 0.6 is 11.6 Å². The van der Waals surface area contributed by atoms with Crippen molar-refractivity contribution in [2.75, 3.05) is 25.1 Å². The van der Waals surface area contributed by atoms with E-state index in [9.17, 15) is 4.79 Å². The number of nitrogens with one attached hydrogen (secondary N) is 1. The van der Waals surface area contributed by atoms with Crippen molar-refractivity contribution < 1.29 is 9.53 Å². The van der Waals surface area contributed by atoms with Gasteiger partial charge in [0.1, 0.15) is 0 Å². The monoisotopic (exact) mass is 345 g/mol. The highest BCUT2D eigenvalue weighted by Crippen LogP contribution is 2.36. The van der Waals surface area contributed by atoms with Crippen molar-refractivity contribution in [1.29, 1.82) is 0 Å². The third-order valence-corrected chi connectivity index (χ3v) is 4.86. The number of nitrogens with zero attached hydrogens (tertiary/aromatic N) is 1. The van der Waals surface area contributed by atoms with E-state index in [1.807, 2.05) is 12.1 Å². The first-order valence-corrected chi connectivity index (χ1v) is 8.30. The molecule has 0 spiro atoms. The molecular weight excluding hydrogens is 326 g/mol. The average Bonchev–Trinajstić information content (AvgIpc) is 2.61. The molecule has 1 fully saturated rings. The lowest BCUT2D eigenvalue weighted by Crippen LogP contribution is -2.40. The van der Waals surface area contributed by atoms with Crippen LogP contribution in [0.4, 0.5) is 5.69 Å². The summed E-state index contributed by atoms with van der Waals surface area (Å²) in [5, 5.41) is 4.11. The number of carbonyl (C=O) groups is 1. The molecule has 2 heterocycles. The Morgan fingerprint density at radius 1 is 1.25 bits per heavy atom. The van der Waals surface area contributed by atoms with Gasteiger partial charge in [-0.3, -0.25) is 9.78 Å². The molecule has 3 rings (SSSR count). The van der Waals surface area contributed by atoms with Crippen molar-refractivity contribution in [3.63, 3.8) is 0 Å². The van der Waals surface area contributed by atoms with Crippen molar-refractivity contribution in [2.45, 2.75) is 18.3 Å². The number of hydrogen-bond acceptors (Lipinski definition) is 4. The van der Waals surface area contributed by atoms with Crippen LogP contribution < -0.4 is 11.1 Å². The molecule has 0 unspecified atom stereocenters. The topological polar surface area (TPSA) is 77.2 Å². The van der Waals surface area contributed by atoms with E-state index in [-0.39, 0.29) is 5.41 Å². The summed E-state index contributed by atoms with van der Waals surface area (Å²) in [4.78, 5) is 15.5. The summed E-state index contributed by atoms with van der Waals surface area (Å²) in [7, 11) is 0. The third kappa shape index (κ3) is 3.52. The molecule has 5 nitrogen and oxygen atoms in total. The van der Waals surface area contributed by atoms with Gasteiger partial charge in [-0.2, -0.15) is 0 Å². The van der Waals surface area contributed by atoms with Crippen LogP contribution in [0.15, 0.2) is 42.7 Å². The molecule has 24 heavy (non-hydrogen) atoms. The van der Waals surface area contributed by atoms with Crippen LogP contribution in [0.1, 0.15) is 28.8 Å². The highest BCUT2D eigenvalue weighted by Gasteiger charge is 2.34. The molecule has 0 aliphatic carbocycles. The fraction of sp³-hybridized carbons (Fsp3) is 0.333. The summed E-state index contributed by atoms with van der Waals surface area (Å²) in [6.07, 6.45) is 4.94. The number of primary amides is 1. The van der Waals surface area contributed by atoms with E-state index in [0.717, 1.165) is 17.9 Å². The number of anilines is 1. The van der Waals surface area contributed by atoms with Crippen LogP contribution in [0, 0.1) is 0 Å². The van der Waals surface area contributed by atoms with Crippen LogP contribution in [0.2, 0.25) is 5.02 Å². The number of aromatic nitrogens is 1. The molecule has 1 aromatic heterocycles. The standard InChI is InChI=1S/C18H20ClN3O2/c19-14-3-1-13(2-4-14)18(6-9-24-10-7-18)12-22-16-5-8-21-11-15(16)17(20)23/h1-5,8,11H,6-7,9-10,12H2,(H2,20,23)(H,21,22). The predicted molar refractivity (Wildman–Crippen MR) is 94.4 cm³/mol. The molecule has 0 atom stereocenters. The molecular formula is C18H20ClN3O2. The number of benzene rings is 1. The number of pyridine rings is 1. The van der Waals surface area contributed by atoms with Gasteiger partial charge in [-0.15, -0.1) is 0 Å². The van der Waals surface area contributed by atoms with Crippen LogP contribution in [-0.2, 0) is 10.2 Å². The lowest BCUT2D eigenvalue weighted by molar-refractivity contribution is 0.0544. The van der Waals surface area contributed by atoms with Gasteiger partial charge in [-0.05, 0) is 36.6 Å². The zero-order chi connectivity index (χ0) is 17.0. The molecule has 0 radical (unpaired) electrons. The molecule has 1 aromatic carbocycles. The van der Waals surface area contributed by atoms with Crippen LogP contribution in [0.3, 0.4) is 0 Å². The van der Waals surface area contributed by atoms with Gasteiger partial charge in [0.05, 0.1) is 11.3 Å². The van der Waals surface area contributed by atoms with Gasteiger partial charge in [-0.1, -0.05) is 23.7 Å². The molecule has 0 bridgehead atoms. The van der Waals surface area contributed by atoms with E-state index >= 15 is 0 Å². The Bertz CT molecular complexity index is 712. The maximum atomic E-state index is 11.6. The van der Waals surface area contributed by atoms with Crippen molar-refractivity contribution in [3.05, 3.63) is 58.9 Å². The Balaban J connectivity index is 1.86. The predicted octanol–water partition coefficient (Wildman–Crippen LogP) is 2.99. The number of ether oxygens (including phenoxy) is 1. The second-order valence-corrected chi connectivity index (χ2v) is 6.48. The maximum absolute atomic E-state index is 11.6. The quantitative estimate of drug-likeness (QED) is 0.873. The number of amides is 1. The molecule has 6 heteroatoms. The fourth-order valence-electron chi connectivity index (χ4n) is 3.14. The summed E-state index contributed by atoms with van der Waals surface area (Å²) in [6, 6.07) is 9.73. The van der Waals surface area contributed by atoms with E-state index in [1.165, 1.54) is 11.8 Å². The summed E-state index contributed by atoms with van der Waals surface area (Å²) < 4.78 is 5.55. The van der Waals surface area contributed by atoms with E-state index in [4.69, 9.17) is 22.1 Å². The Morgan fingerprint density at radius 3 is 2.62 bits per heavy atom. The molecule has 126 valence electrons. The molecule has 2 aromatic rings. The second kappa shape index (κ2) is 7.20. The minimum atomic E-state index is -0.488. The largest absolute Gasteiger partial charge is 0.383 e. The average molecular weight is 346 g/mol. The zero-order valence-corrected chi connectivity index (χ0v) is 14.1. The Hall–Kier alpha value is -2.11. The highest BCUT2D eigenvalue weighted by atomic mass is 35.5. The molecule has 1 aliphatic rings. The van der Waals surface area contributed by atoms with Gasteiger partial charge in [0, 0.05) is 42.6 Å². The third-order valence-electron chi connectivity index (χ3n) is 4.61. The minimum absolute atomic E-state index is 0.0684. The highest BCUT2D eigenvalue weighted by molar-refractivity contribution is 6.30. The summed E-state index contributed by atoms with van der Waals surface area (Å²) >= 11 is 6.03. The lowest BCUT2D eigenvalue weighted by Gasteiger charge is -2.38. The number of hydrogen-bond donors (Lipinski definition) is 2. The Kier molecular flexibility index (Phi) is 5.02. The second-order valence-electron chi connectivity index (χ2n) is 6.04. The molecule has 0 saturated carbocycles. The van der Waals surface area contributed by atoms with Crippen LogP contribution in [0.25, 0.3) is 0 Å². The van der Waals surface area contributed by atoms with Crippen molar-refractivity contribution >= 4 is 23.2 Å². The first-order valence-electron chi connectivity index (χ1n) is 7.92. The number of carbonyl (C=O) groups excluding carboxylic acids is 1. The molecule has 1 saturated heterocycles. The summed E-state index contributed by atoms with van der Waals surface area (Å²) in [5.74, 6) is -0.488. The lowest BCUT2D eigenvalue weighted by atomic mass is 9.74. The van der Waals surface area contributed by atoms with E-state index < -0.39 is 5.91 Å². The maximum Gasteiger partial charge on any atom is 0.252 e. The van der Waals surface area contributed by atoms with Gasteiger partial charge in [0.15, 0.2) is 0 Å². The van der Waals surface area contributed by atoms with Crippen molar-refractivity contribution in [2.24, 2.45) is 5.73 Å². The van der Waals surface area contributed by atoms with E-state index in [2.05, 4.69) is 22.4 Å². The smallest absolute Gasteiger partial charge is 0.252 e. The van der Waals surface area contributed by atoms with Gasteiger partial charge < -0.3 is 15.8 Å². The Labute approximate surface area is 146 Å². The van der Waals surface area contributed by atoms with Gasteiger partial charge in [-0.25, -0.2) is 0 Å². The van der Waals surface area contributed by atoms with Gasteiger partial charge >= 0.3 is 0 Å². The van der Waals surface area contributed by atoms with Crippen LogP contribution in [-0.4, -0.2) is 30.6 Å². The fourth-order valence-corrected chi connectivity index (χ4v) is 3.27. The molecule has 3 N–H and O–H groups in total. The number of halogens is 1. The number of rotatable bonds is 5. The van der Waals surface area contributed by atoms with Crippen molar-refractivity contribution in [1.82, 2.24) is 4.98 Å². The molecule has 1 aliphatic heterocycles. The van der Waals surface area contributed by atoms with Crippen LogP contribution in [0.5, 0.6) is 0 Å². The SMILES string of the molecule is NC(=O)c1cnccc1NCC1(c2ccc(Cl)cc2)CCOCC1. The Morgan fingerprint density at radius 2 is 1.96 bits per heavy atom. The number of nitrogens with two attached hydrogens (primary N) is 1.